The average Bonchev–Trinajstić information content (AvgIpc) is 3.20. The Labute approximate surface area is 215 Å². The van der Waals surface area contributed by atoms with Crippen LogP contribution in [-0.4, -0.2) is 50.9 Å². The molecule has 198 valence electrons. The van der Waals surface area contributed by atoms with E-state index in [9.17, 15) is 18.0 Å². The fourth-order valence-electron chi connectivity index (χ4n) is 5.09. The molecular formula is C24H27ClF3N7O2. The van der Waals surface area contributed by atoms with Crippen molar-refractivity contribution in [3.8, 4) is 0 Å². The number of rotatable bonds is 7. The standard InChI is InChI=1S/C24H27ClF3N7O2/c25-15-8-13(26)9-16(27)21(15)33-24-32-19-10-30-23(31-18-5-6-37-11-17(18)28)34-22(19)35(24)14-3-1-12(2-4-14)7-20(29)36/h8-10,12,14,17-18H,1-7,11H2,(H2,29,36)(H,32,33)(H,30,31,34)/t12?,14?,17-,18+/m1/s1. The van der Waals surface area contributed by atoms with E-state index >= 15 is 0 Å². The molecular weight excluding hydrogens is 511 g/mol. The number of ether oxygens (including phenoxy) is 1. The van der Waals surface area contributed by atoms with Crippen molar-refractivity contribution in [2.24, 2.45) is 11.7 Å². The van der Waals surface area contributed by atoms with E-state index in [-0.39, 0.29) is 47.1 Å². The van der Waals surface area contributed by atoms with Crippen molar-refractivity contribution in [1.82, 2.24) is 19.5 Å². The molecule has 3 heterocycles. The molecule has 37 heavy (non-hydrogen) atoms. The zero-order valence-corrected chi connectivity index (χ0v) is 20.6. The van der Waals surface area contributed by atoms with E-state index in [4.69, 9.17) is 22.1 Å². The van der Waals surface area contributed by atoms with Crippen molar-refractivity contribution in [3.63, 3.8) is 0 Å². The lowest BCUT2D eigenvalue weighted by Gasteiger charge is -2.30. The van der Waals surface area contributed by atoms with Crippen molar-refractivity contribution in [2.45, 2.75) is 56.8 Å². The summed E-state index contributed by atoms with van der Waals surface area (Å²) in [5.74, 6) is -1.30. The van der Waals surface area contributed by atoms with E-state index in [1.165, 1.54) is 6.20 Å². The summed E-state index contributed by atoms with van der Waals surface area (Å²) in [6, 6.07) is 1.17. The van der Waals surface area contributed by atoms with Crippen LogP contribution in [0.25, 0.3) is 11.2 Å². The molecule has 0 spiro atoms. The van der Waals surface area contributed by atoms with Crippen LogP contribution in [0.4, 0.5) is 30.8 Å². The molecule has 0 unspecified atom stereocenters. The average molecular weight is 538 g/mol. The van der Waals surface area contributed by atoms with Gasteiger partial charge in [0.15, 0.2) is 11.5 Å². The van der Waals surface area contributed by atoms with Crippen LogP contribution in [0, 0.1) is 17.6 Å². The molecule has 13 heteroatoms. The Balaban J connectivity index is 1.50. The van der Waals surface area contributed by atoms with E-state index in [0.29, 0.717) is 43.5 Å². The minimum atomic E-state index is -1.20. The van der Waals surface area contributed by atoms with E-state index < -0.39 is 23.8 Å². The van der Waals surface area contributed by atoms with Gasteiger partial charge >= 0.3 is 0 Å². The number of anilines is 3. The minimum absolute atomic E-state index is 0.00441. The molecule has 2 atom stereocenters. The van der Waals surface area contributed by atoms with E-state index in [2.05, 4.69) is 25.6 Å². The second-order valence-electron chi connectivity index (χ2n) is 9.55. The Morgan fingerprint density at radius 1 is 1.19 bits per heavy atom. The maximum Gasteiger partial charge on any atom is 0.225 e. The zero-order valence-electron chi connectivity index (χ0n) is 19.9. The molecule has 1 aromatic carbocycles. The number of alkyl halides is 1. The molecule has 2 aromatic heterocycles. The number of hydrogen-bond acceptors (Lipinski definition) is 7. The first-order valence-electron chi connectivity index (χ1n) is 12.2. The largest absolute Gasteiger partial charge is 0.378 e. The fraction of sp³-hybridized carbons (Fsp3) is 0.500. The molecule has 0 radical (unpaired) electrons. The topological polar surface area (TPSA) is 120 Å². The number of fused-ring (bicyclic) bond motifs is 1. The number of nitrogens with one attached hydrogen (secondary N) is 2. The van der Waals surface area contributed by atoms with E-state index in [1.54, 1.807) is 0 Å². The Morgan fingerprint density at radius 3 is 2.68 bits per heavy atom. The predicted octanol–water partition coefficient (Wildman–Crippen LogP) is 4.65. The van der Waals surface area contributed by atoms with Crippen molar-refractivity contribution in [3.05, 3.63) is 35.0 Å². The summed E-state index contributed by atoms with van der Waals surface area (Å²) >= 11 is 6.13. The summed E-state index contributed by atoms with van der Waals surface area (Å²) in [4.78, 5) is 24.9. The number of carbonyl (C=O) groups excluding carboxylic acids is 1. The van der Waals surface area contributed by atoms with Gasteiger partial charge in [0.1, 0.15) is 17.5 Å². The highest BCUT2D eigenvalue weighted by Crippen LogP contribution is 2.39. The van der Waals surface area contributed by atoms with Crippen LogP contribution in [0.5, 0.6) is 0 Å². The number of nitrogens with zero attached hydrogens (tertiary/aromatic N) is 4. The lowest BCUT2D eigenvalue weighted by atomic mass is 9.84. The number of halogens is 4. The second-order valence-corrected chi connectivity index (χ2v) is 9.96. The van der Waals surface area contributed by atoms with Crippen LogP contribution in [0.2, 0.25) is 5.02 Å². The number of hydrogen-bond donors (Lipinski definition) is 3. The van der Waals surface area contributed by atoms with E-state index in [0.717, 1.165) is 25.0 Å². The van der Waals surface area contributed by atoms with Gasteiger partial charge in [-0.15, -0.1) is 0 Å². The molecule has 1 aliphatic carbocycles. The number of aromatic nitrogens is 4. The quantitative estimate of drug-likeness (QED) is 0.401. The summed E-state index contributed by atoms with van der Waals surface area (Å²) in [6.45, 7) is 0.440. The zero-order chi connectivity index (χ0) is 26.1. The third-order valence-corrected chi connectivity index (χ3v) is 7.25. The van der Waals surface area contributed by atoms with Crippen LogP contribution >= 0.6 is 11.6 Å². The molecule has 9 nitrogen and oxygen atoms in total. The van der Waals surface area contributed by atoms with Crippen LogP contribution in [0.15, 0.2) is 18.3 Å². The van der Waals surface area contributed by atoms with Gasteiger partial charge in [0, 0.05) is 25.1 Å². The van der Waals surface area contributed by atoms with Crippen molar-refractivity contribution in [1.29, 1.82) is 0 Å². The first kappa shape index (κ1) is 25.5. The summed E-state index contributed by atoms with van der Waals surface area (Å²) in [5.41, 5.74) is 6.18. The SMILES string of the molecule is NC(=O)CC1CCC(n2c(Nc3c(F)cc(F)cc3Cl)nc3cnc(N[C@H]4CCOC[C@H]4F)nc32)CC1. The molecule has 2 aliphatic rings. The summed E-state index contributed by atoms with van der Waals surface area (Å²) in [6.07, 6.45) is 4.06. The smallest absolute Gasteiger partial charge is 0.225 e. The lowest BCUT2D eigenvalue weighted by Crippen LogP contribution is -2.39. The van der Waals surface area contributed by atoms with Crippen molar-refractivity contribution in [2.75, 3.05) is 23.8 Å². The summed E-state index contributed by atoms with van der Waals surface area (Å²) in [7, 11) is 0. The van der Waals surface area contributed by atoms with Gasteiger partial charge in [0.25, 0.3) is 0 Å². The number of nitrogens with two attached hydrogens (primary N) is 1. The predicted molar refractivity (Wildman–Crippen MR) is 133 cm³/mol. The van der Waals surface area contributed by atoms with Crippen LogP contribution in [0.1, 0.15) is 44.6 Å². The first-order valence-corrected chi connectivity index (χ1v) is 12.6. The number of imidazole rings is 1. The number of primary amides is 1. The molecule has 1 saturated carbocycles. The normalized spacial score (nSPS) is 24.2. The van der Waals surface area contributed by atoms with Gasteiger partial charge in [0.2, 0.25) is 17.8 Å². The fourth-order valence-corrected chi connectivity index (χ4v) is 5.33. The third kappa shape index (κ3) is 5.59. The highest BCUT2D eigenvalue weighted by Gasteiger charge is 2.29. The monoisotopic (exact) mass is 537 g/mol. The third-order valence-electron chi connectivity index (χ3n) is 6.95. The Hall–Kier alpha value is -3.12. The number of amides is 1. The van der Waals surface area contributed by atoms with Gasteiger partial charge in [0.05, 0.1) is 29.6 Å². The minimum Gasteiger partial charge on any atom is -0.378 e. The van der Waals surface area contributed by atoms with Crippen LogP contribution in [-0.2, 0) is 9.53 Å². The highest BCUT2D eigenvalue weighted by atomic mass is 35.5. The molecule has 5 rings (SSSR count). The maximum absolute atomic E-state index is 14.6. The molecule has 3 aromatic rings. The summed E-state index contributed by atoms with van der Waals surface area (Å²) in [5, 5.41) is 5.83. The van der Waals surface area contributed by atoms with Gasteiger partial charge in [-0.1, -0.05) is 11.6 Å². The molecule has 4 N–H and O–H groups in total. The Bertz CT molecular complexity index is 1280. The van der Waals surface area contributed by atoms with Gasteiger partial charge < -0.3 is 21.1 Å². The van der Waals surface area contributed by atoms with Crippen LogP contribution < -0.4 is 16.4 Å². The summed E-state index contributed by atoms with van der Waals surface area (Å²) < 4.78 is 49.5. The lowest BCUT2D eigenvalue weighted by molar-refractivity contribution is -0.119. The van der Waals surface area contributed by atoms with Gasteiger partial charge in [-0.05, 0) is 44.1 Å². The molecule has 1 aliphatic heterocycles. The molecule has 1 saturated heterocycles. The molecule has 1 amide bonds. The molecule has 2 fully saturated rings. The van der Waals surface area contributed by atoms with Crippen LogP contribution in [0.3, 0.4) is 0 Å². The van der Waals surface area contributed by atoms with Gasteiger partial charge in [-0.3, -0.25) is 9.36 Å². The Morgan fingerprint density at radius 2 is 1.97 bits per heavy atom. The van der Waals surface area contributed by atoms with Crippen molar-refractivity contribution < 1.29 is 22.7 Å². The maximum atomic E-state index is 14.6. The first-order chi connectivity index (χ1) is 17.8. The Kier molecular flexibility index (Phi) is 7.38. The van der Waals surface area contributed by atoms with Gasteiger partial charge in [-0.2, -0.15) is 4.98 Å². The highest BCUT2D eigenvalue weighted by molar-refractivity contribution is 6.33. The second kappa shape index (κ2) is 10.7. The van der Waals surface area contributed by atoms with Crippen molar-refractivity contribution >= 4 is 46.3 Å². The van der Waals surface area contributed by atoms with E-state index in [1.807, 2.05) is 4.57 Å². The number of carbonyl (C=O) groups is 1. The van der Waals surface area contributed by atoms with Gasteiger partial charge in [-0.25, -0.2) is 23.1 Å². The molecule has 0 bridgehead atoms. The number of benzene rings is 1.